The summed E-state index contributed by atoms with van der Waals surface area (Å²) in [6.07, 6.45) is 5.59. The average Bonchev–Trinajstić information content (AvgIpc) is 2.87. The summed E-state index contributed by atoms with van der Waals surface area (Å²) in [6.45, 7) is 3.17. The molecule has 0 fully saturated rings. The summed E-state index contributed by atoms with van der Waals surface area (Å²) in [6, 6.07) is 0. The SMILES string of the molecule is CC/C=C/CCCC(=O)C1=[N+](CC(O)CS(=O)(=O)O)CCN1CCO. The topological polar surface area (TPSA) is 118 Å². The number of Topliss-reactive ketones (excluding diaryl/α,β-unsaturated/α-hetero) is 1. The molecule has 0 radical (unpaired) electrons. The summed E-state index contributed by atoms with van der Waals surface area (Å²) in [5, 5.41) is 19.0. The fraction of sp³-hybridized carbons (Fsp3) is 0.750. The van der Waals surface area contributed by atoms with Crippen LogP contribution in [0.2, 0.25) is 0 Å². The Hall–Kier alpha value is -1.29. The molecular formula is C16H29N2O6S+. The predicted octanol–water partition coefficient (Wildman–Crippen LogP) is -0.340. The van der Waals surface area contributed by atoms with Gasteiger partial charge in [0.05, 0.1) is 6.61 Å². The first-order chi connectivity index (χ1) is 11.8. The number of hydrogen-bond acceptors (Lipinski definition) is 6. The maximum atomic E-state index is 12.6. The Balaban J connectivity index is 2.79. The van der Waals surface area contributed by atoms with Crippen LogP contribution in [0, 0.1) is 0 Å². The van der Waals surface area contributed by atoms with Gasteiger partial charge in [-0.2, -0.15) is 8.42 Å². The molecule has 1 atom stereocenters. The van der Waals surface area contributed by atoms with Gasteiger partial charge in [0.15, 0.2) is 0 Å². The van der Waals surface area contributed by atoms with Crippen LogP contribution in [0.25, 0.3) is 0 Å². The van der Waals surface area contributed by atoms with E-state index in [2.05, 4.69) is 0 Å². The third-order valence-electron chi connectivity index (χ3n) is 3.87. The monoisotopic (exact) mass is 377 g/mol. The maximum absolute atomic E-state index is 12.6. The lowest BCUT2D eigenvalue weighted by molar-refractivity contribution is -0.525. The first-order valence-electron chi connectivity index (χ1n) is 8.57. The molecule has 3 N–H and O–H groups in total. The highest BCUT2D eigenvalue weighted by atomic mass is 32.2. The van der Waals surface area contributed by atoms with Crippen molar-refractivity contribution in [2.45, 2.75) is 38.7 Å². The van der Waals surface area contributed by atoms with Gasteiger partial charge in [0.1, 0.15) is 38.0 Å². The molecule has 1 heterocycles. The molecule has 8 nitrogen and oxygen atoms in total. The van der Waals surface area contributed by atoms with Gasteiger partial charge in [0.25, 0.3) is 10.1 Å². The van der Waals surface area contributed by atoms with E-state index in [0.717, 1.165) is 12.8 Å². The Kier molecular flexibility index (Phi) is 9.26. The third-order valence-corrected chi connectivity index (χ3v) is 4.68. The van der Waals surface area contributed by atoms with Gasteiger partial charge in [-0.3, -0.25) is 18.8 Å². The third kappa shape index (κ3) is 8.08. The fourth-order valence-electron chi connectivity index (χ4n) is 2.85. The second-order valence-electron chi connectivity index (χ2n) is 6.08. The van der Waals surface area contributed by atoms with E-state index < -0.39 is 22.0 Å². The zero-order valence-corrected chi connectivity index (χ0v) is 15.5. The molecule has 0 bridgehead atoms. The summed E-state index contributed by atoms with van der Waals surface area (Å²) in [7, 11) is -4.28. The summed E-state index contributed by atoms with van der Waals surface area (Å²) < 4.78 is 32.2. The molecule has 1 unspecified atom stereocenters. The molecule has 1 rings (SSSR count). The van der Waals surface area contributed by atoms with Gasteiger partial charge in [-0.25, -0.2) is 0 Å². The summed E-state index contributed by atoms with van der Waals surface area (Å²) in [5.41, 5.74) is 0. The van der Waals surface area contributed by atoms with Crippen LogP contribution in [0.1, 0.15) is 32.6 Å². The number of carbonyl (C=O) groups excluding carboxylic acids is 1. The van der Waals surface area contributed by atoms with Crippen LogP contribution in [0.15, 0.2) is 12.2 Å². The number of allylic oxidation sites excluding steroid dienone is 2. The Morgan fingerprint density at radius 2 is 2.12 bits per heavy atom. The van der Waals surface area contributed by atoms with Crippen molar-refractivity contribution in [3.63, 3.8) is 0 Å². The molecule has 1 aliphatic rings. The molecule has 0 saturated carbocycles. The standard InChI is InChI=1S/C16H28N2O6S/c1-2-3-4-5-6-7-15(21)16-17(10-11-19)8-9-18(16)12-14(20)13-25(22,23)24/h3-4,14,19-20H,2,5-13H2,1H3/p+1/b4-3+. The quantitative estimate of drug-likeness (QED) is 0.184. The van der Waals surface area contributed by atoms with Gasteiger partial charge in [-0.05, 0) is 19.3 Å². The molecule has 25 heavy (non-hydrogen) atoms. The van der Waals surface area contributed by atoms with Crippen molar-refractivity contribution in [1.29, 1.82) is 0 Å². The Morgan fingerprint density at radius 1 is 1.40 bits per heavy atom. The molecule has 144 valence electrons. The normalized spacial score (nSPS) is 16.9. The molecule has 0 aromatic carbocycles. The van der Waals surface area contributed by atoms with Crippen LogP contribution in [0.4, 0.5) is 0 Å². The van der Waals surface area contributed by atoms with Crippen molar-refractivity contribution >= 4 is 21.7 Å². The number of aliphatic hydroxyl groups is 2. The molecule has 0 aromatic rings. The van der Waals surface area contributed by atoms with E-state index in [4.69, 9.17) is 9.66 Å². The molecule has 9 heteroatoms. The Morgan fingerprint density at radius 3 is 2.72 bits per heavy atom. The van der Waals surface area contributed by atoms with Crippen LogP contribution >= 0.6 is 0 Å². The number of hydrogen-bond donors (Lipinski definition) is 3. The Labute approximate surface area is 149 Å². The van der Waals surface area contributed by atoms with Gasteiger partial charge in [0.2, 0.25) is 5.78 Å². The predicted molar refractivity (Wildman–Crippen MR) is 94.4 cm³/mol. The minimum Gasteiger partial charge on any atom is -0.392 e. The van der Waals surface area contributed by atoms with Crippen molar-refractivity contribution < 1.29 is 32.6 Å². The Bertz CT molecular complexity index is 600. The first kappa shape index (κ1) is 21.8. The minimum absolute atomic E-state index is 0.0570. The number of carbonyl (C=O) groups is 1. The van der Waals surface area contributed by atoms with Crippen molar-refractivity contribution in [3.8, 4) is 0 Å². The smallest absolute Gasteiger partial charge is 0.316 e. The molecule has 0 spiro atoms. The van der Waals surface area contributed by atoms with Gasteiger partial charge in [-0.1, -0.05) is 19.1 Å². The number of unbranched alkanes of at least 4 members (excludes halogenated alkanes) is 1. The van der Waals surface area contributed by atoms with Crippen LogP contribution in [-0.2, 0) is 14.9 Å². The van der Waals surface area contributed by atoms with Crippen molar-refractivity contribution in [1.82, 2.24) is 4.90 Å². The van der Waals surface area contributed by atoms with E-state index in [0.29, 0.717) is 38.3 Å². The van der Waals surface area contributed by atoms with E-state index in [1.54, 1.807) is 9.48 Å². The molecule has 0 saturated heterocycles. The molecule has 0 aliphatic carbocycles. The number of aliphatic hydroxyl groups excluding tert-OH is 2. The lowest BCUT2D eigenvalue weighted by Gasteiger charge is -2.12. The highest BCUT2D eigenvalue weighted by molar-refractivity contribution is 7.85. The average molecular weight is 377 g/mol. The van der Waals surface area contributed by atoms with E-state index in [-0.39, 0.29) is 18.9 Å². The first-order valence-corrected chi connectivity index (χ1v) is 10.2. The van der Waals surface area contributed by atoms with Crippen LogP contribution in [0.3, 0.4) is 0 Å². The van der Waals surface area contributed by atoms with Crippen molar-refractivity contribution in [2.75, 3.05) is 38.5 Å². The molecular weight excluding hydrogens is 348 g/mol. The van der Waals surface area contributed by atoms with Gasteiger partial charge < -0.3 is 10.2 Å². The van der Waals surface area contributed by atoms with Crippen molar-refractivity contribution in [3.05, 3.63) is 12.2 Å². The van der Waals surface area contributed by atoms with E-state index in [1.807, 2.05) is 19.1 Å². The van der Waals surface area contributed by atoms with Crippen molar-refractivity contribution in [2.24, 2.45) is 0 Å². The summed E-state index contributed by atoms with van der Waals surface area (Å²) in [4.78, 5) is 14.3. The van der Waals surface area contributed by atoms with E-state index >= 15 is 0 Å². The number of ketones is 1. The second kappa shape index (κ2) is 10.6. The highest BCUT2D eigenvalue weighted by Crippen LogP contribution is 2.09. The summed E-state index contributed by atoms with van der Waals surface area (Å²) >= 11 is 0. The maximum Gasteiger partial charge on any atom is 0.316 e. The molecule has 1 aliphatic heterocycles. The lowest BCUT2D eigenvalue weighted by atomic mass is 10.1. The molecule has 0 aromatic heterocycles. The zero-order chi connectivity index (χ0) is 18.9. The minimum atomic E-state index is -4.28. The largest absolute Gasteiger partial charge is 0.392 e. The lowest BCUT2D eigenvalue weighted by Crippen LogP contribution is -2.40. The van der Waals surface area contributed by atoms with Crippen LogP contribution in [-0.4, -0.2) is 88.9 Å². The van der Waals surface area contributed by atoms with Crippen LogP contribution < -0.4 is 0 Å². The van der Waals surface area contributed by atoms with Gasteiger partial charge >= 0.3 is 5.84 Å². The zero-order valence-electron chi connectivity index (χ0n) is 14.7. The fourth-order valence-corrected chi connectivity index (χ4v) is 3.44. The molecule has 0 amide bonds. The van der Waals surface area contributed by atoms with E-state index in [9.17, 15) is 18.3 Å². The van der Waals surface area contributed by atoms with Crippen LogP contribution in [0.5, 0.6) is 0 Å². The van der Waals surface area contributed by atoms with E-state index in [1.165, 1.54) is 0 Å². The number of β-amino-alcohol motifs (C(OH)–C–C–N with tert-alkyl or cyclic N) is 2. The second-order valence-corrected chi connectivity index (χ2v) is 7.57. The number of nitrogens with zero attached hydrogens (tertiary/aromatic N) is 2. The summed E-state index contributed by atoms with van der Waals surface area (Å²) in [5.74, 6) is -0.454. The van der Waals surface area contributed by atoms with Gasteiger partial charge in [0, 0.05) is 6.42 Å². The highest BCUT2D eigenvalue weighted by Gasteiger charge is 2.36. The number of rotatable bonds is 12. The number of amidine groups is 1. The van der Waals surface area contributed by atoms with Gasteiger partial charge in [-0.15, -0.1) is 0 Å².